The summed E-state index contributed by atoms with van der Waals surface area (Å²) in [5.41, 5.74) is 2.78. The number of hydrogen-bond acceptors (Lipinski definition) is 1. The molecule has 1 aromatic rings. The van der Waals surface area contributed by atoms with Crippen LogP contribution in [0.15, 0.2) is 24.3 Å². The van der Waals surface area contributed by atoms with Crippen LogP contribution in [0, 0.1) is 18.8 Å². The monoisotopic (exact) mass is 367 g/mol. The summed E-state index contributed by atoms with van der Waals surface area (Å²) in [5, 5.41) is 0. The second-order valence-corrected chi connectivity index (χ2v) is 7.57. The normalized spacial score (nSPS) is 13.2. The van der Waals surface area contributed by atoms with E-state index in [0.29, 0.717) is 0 Å². The van der Waals surface area contributed by atoms with Gasteiger partial charge in [0.15, 0.2) is 0 Å². The Kier molecular flexibility index (Phi) is 14.1. The van der Waals surface area contributed by atoms with Gasteiger partial charge in [-0.05, 0) is 43.7 Å². The topological polar surface area (TPSA) is 3.24 Å². The number of unbranched alkanes of at least 4 members (excludes halogenated alkanes) is 2. The van der Waals surface area contributed by atoms with Crippen LogP contribution in [-0.2, 0) is 0 Å². The highest BCUT2D eigenvalue weighted by atomic mass is 35.5. The Balaban J connectivity index is 0.00000576. The zero-order chi connectivity index (χ0) is 17.8. The third-order valence-electron chi connectivity index (χ3n) is 5.44. The van der Waals surface area contributed by atoms with Crippen molar-refractivity contribution in [3.8, 4) is 0 Å². The minimum absolute atomic E-state index is 0. The van der Waals surface area contributed by atoms with E-state index < -0.39 is 0 Å². The van der Waals surface area contributed by atoms with Gasteiger partial charge in [-0.3, -0.25) is 0 Å². The lowest BCUT2D eigenvalue weighted by Gasteiger charge is -2.32. The van der Waals surface area contributed by atoms with Crippen LogP contribution in [-0.4, -0.2) is 13.1 Å². The molecule has 1 rings (SSSR count). The molecule has 1 aromatic carbocycles. The SMILES string of the molecule is CCCCC(CC)CN(CC(CC)CCCC)c1ccc(C)cc1.Cl. The summed E-state index contributed by atoms with van der Waals surface area (Å²) >= 11 is 0. The van der Waals surface area contributed by atoms with Gasteiger partial charge in [0.2, 0.25) is 0 Å². The Bertz CT molecular complexity index is 397. The van der Waals surface area contributed by atoms with Crippen LogP contribution in [0.3, 0.4) is 0 Å². The maximum atomic E-state index is 2.69. The molecule has 25 heavy (non-hydrogen) atoms. The van der Waals surface area contributed by atoms with Crippen molar-refractivity contribution < 1.29 is 0 Å². The number of halogens is 1. The molecule has 0 spiro atoms. The van der Waals surface area contributed by atoms with Crippen LogP contribution in [0.25, 0.3) is 0 Å². The number of aryl methyl sites for hydroxylation is 1. The van der Waals surface area contributed by atoms with Gasteiger partial charge >= 0.3 is 0 Å². The van der Waals surface area contributed by atoms with Crippen LogP contribution in [0.1, 0.15) is 84.6 Å². The Morgan fingerprint density at radius 1 is 0.760 bits per heavy atom. The van der Waals surface area contributed by atoms with Crippen molar-refractivity contribution in [1.29, 1.82) is 0 Å². The van der Waals surface area contributed by atoms with E-state index in [9.17, 15) is 0 Å². The summed E-state index contributed by atoms with van der Waals surface area (Å²) in [6.45, 7) is 14.0. The van der Waals surface area contributed by atoms with Gasteiger partial charge in [-0.1, -0.05) is 83.9 Å². The first-order valence-corrected chi connectivity index (χ1v) is 10.5. The first-order chi connectivity index (χ1) is 11.6. The molecule has 0 N–H and O–H groups in total. The Morgan fingerprint density at radius 2 is 1.20 bits per heavy atom. The molecule has 0 aliphatic heterocycles. The third-order valence-corrected chi connectivity index (χ3v) is 5.44. The van der Waals surface area contributed by atoms with Crippen molar-refractivity contribution >= 4 is 18.1 Å². The summed E-state index contributed by atoms with van der Waals surface area (Å²) < 4.78 is 0. The molecule has 0 aromatic heterocycles. The smallest absolute Gasteiger partial charge is 0.0366 e. The van der Waals surface area contributed by atoms with E-state index in [1.807, 2.05) is 0 Å². The Hall–Kier alpha value is -0.690. The molecule has 0 saturated heterocycles. The number of hydrogen-bond donors (Lipinski definition) is 0. The van der Waals surface area contributed by atoms with Crippen LogP contribution in [0.4, 0.5) is 5.69 Å². The fraction of sp³-hybridized carbons (Fsp3) is 0.739. The molecule has 2 heteroatoms. The van der Waals surface area contributed by atoms with Crippen molar-refractivity contribution in [2.75, 3.05) is 18.0 Å². The second-order valence-electron chi connectivity index (χ2n) is 7.57. The van der Waals surface area contributed by atoms with Crippen molar-refractivity contribution in [3.63, 3.8) is 0 Å². The molecule has 2 atom stereocenters. The van der Waals surface area contributed by atoms with Crippen molar-refractivity contribution in [2.45, 2.75) is 86.0 Å². The summed E-state index contributed by atoms with van der Waals surface area (Å²) in [6.07, 6.45) is 10.7. The zero-order valence-electron chi connectivity index (χ0n) is 17.4. The molecule has 0 fully saturated rings. The van der Waals surface area contributed by atoms with E-state index in [4.69, 9.17) is 0 Å². The molecule has 0 heterocycles. The van der Waals surface area contributed by atoms with Gasteiger partial charge in [0, 0.05) is 18.8 Å². The standard InChI is InChI=1S/C23H41N.ClH/c1-6-10-12-21(8-3)18-24(19-22(9-4)13-11-7-2)23-16-14-20(5)15-17-23;/h14-17,21-22H,6-13,18-19H2,1-5H3;1H. The molecular formula is C23H42ClN. The summed E-state index contributed by atoms with van der Waals surface area (Å²) in [6, 6.07) is 9.19. The third kappa shape index (κ3) is 9.54. The van der Waals surface area contributed by atoms with Crippen molar-refractivity contribution in [2.24, 2.45) is 11.8 Å². The lowest BCUT2D eigenvalue weighted by Crippen LogP contribution is -2.34. The van der Waals surface area contributed by atoms with E-state index in [1.165, 1.54) is 75.7 Å². The maximum absolute atomic E-state index is 2.69. The van der Waals surface area contributed by atoms with Gasteiger partial charge in [0.1, 0.15) is 0 Å². The molecule has 2 unspecified atom stereocenters. The number of nitrogens with zero attached hydrogens (tertiary/aromatic N) is 1. The van der Waals surface area contributed by atoms with E-state index in [1.54, 1.807) is 0 Å². The minimum atomic E-state index is 0. The lowest BCUT2D eigenvalue weighted by molar-refractivity contribution is 0.403. The fourth-order valence-corrected chi connectivity index (χ4v) is 3.50. The molecule has 0 aliphatic rings. The highest BCUT2D eigenvalue weighted by Crippen LogP contribution is 2.24. The second kappa shape index (κ2) is 14.5. The van der Waals surface area contributed by atoms with Crippen LogP contribution in [0.5, 0.6) is 0 Å². The molecule has 146 valence electrons. The largest absolute Gasteiger partial charge is 0.371 e. The summed E-state index contributed by atoms with van der Waals surface area (Å²) in [5.74, 6) is 1.66. The van der Waals surface area contributed by atoms with Gasteiger partial charge in [0.05, 0.1) is 0 Å². The van der Waals surface area contributed by atoms with E-state index in [2.05, 4.69) is 63.8 Å². The Labute approximate surface area is 164 Å². The van der Waals surface area contributed by atoms with Crippen LogP contribution >= 0.6 is 12.4 Å². The van der Waals surface area contributed by atoms with Gasteiger partial charge in [0.25, 0.3) is 0 Å². The average Bonchev–Trinajstić information content (AvgIpc) is 2.61. The average molecular weight is 368 g/mol. The predicted molar refractivity (Wildman–Crippen MR) is 117 cm³/mol. The lowest BCUT2D eigenvalue weighted by atomic mass is 9.95. The molecule has 1 nitrogen and oxygen atoms in total. The molecule has 0 bridgehead atoms. The van der Waals surface area contributed by atoms with Crippen LogP contribution < -0.4 is 4.90 Å². The molecule has 0 amide bonds. The fourth-order valence-electron chi connectivity index (χ4n) is 3.50. The highest BCUT2D eigenvalue weighted by Gasteiger charge is 2.17. The summed E-state index contributed by atoms with van der Waals surface area (Å²) in [7, 11) is 0. The number of benzene rings is 1. The van der Waals surface area contributed by atoms with Gasteiger partial charge in [-0.25, -0.2) is 0 Å². The van der Waals surface area contributed by atoms with Crippen molar-refractivity contribution in [1.82, 2.24) is 0 Å². The van der Waals surface area contributed by atoms with Gasteiger partial charge in [-0.15, -0.1) is 12.4 Å². The van der Waals surface area contributed by atoms with E-state index in [-0.39, 0.29) is 12.4 Å². The quantitative estimate of drug-likeness (QED) is 0.346. The molecule has 0 saturated carbocycles. The highest BCUT2D eigenvalue weighted by molar-refractivity contribution is 5.85. The first-order valence-electron chi connectivity index (χ1n) is 10.5. The molecule has 0 aliphatic carbocycles. The maximum Gasteiger partial charge on any atom is 0.0366 e. The van der Waals surface area contributed by atoms with Gasteiger partial charge < -0.3 is 4.90 Å². The molecule has 0 radical (unpaired) electrons. The van der Waals surface area contributed by atoms with E-state index in [0.717, 1.165) is 11.8 Å². The predicted octanol–water partition coefficient (Wildman–Crippen LogP) is 7.66. The number of anilines is 1. The number of rotatable bonds is 13. The zero-order valence-corrected chi connectivity index (χ0v) is 18.2. The Morgan fingerprint density at radius 3 is 1.56 bits per heavy atom. The molecular weight excluding hydrogens is 326 g/mol. The van der Waals surface area contributed by atoms with E-state index >= 15 is 0 Å². The van der Waals surface area contributed by atoms with Crippen LogP contribution in [0.2, 0.25) is 0 Å². The van der Waals surface area contributed by atoms with Crippen molar-refractivity contribution in [3.05, 3.63) is 29.8 Å². The summed E-state index contributed by atoms with van der Waals surface area (Å²) in [4.78, 5) is 2.69. The van der Waals surface area contributed by atoms with Gasteiger partial charge in [-0.2, -0.15) is 0 Å². The minimum Gasteiger partial charge on any atom is -0.371 e. The first kappa shape index (κ1) is 24.3.